The Bertz CT molecular complexity index is 1630. The topological polar surface area (TPSA) is 75.3 Å². The first kappa shape index (κ1) is 27.1. The van der Waals surface area contributed by atoms with E-state index in [1.807, 2.05) is 63.2 Å². The lowest BCUT2D eigenvalue weighted by Crippen LogP contribution is -2.39. The fourth-order valence-corrected chi connectivity index (χ4v) is 7.27. The Balaban J connectivity index is 1.55. The quantitative estimate of drug-likeness (QED) is 0.270. The van der Waals surface area contributed by atoms with E-state index in [9.17, 15) is 13.7 Å². The summed E-state index contributed by atoms with van der Waals surface area (Å²) < 4.78 is 34.8. The molecule has 1 aliphatic rings. The van der Waals surface area contributed by atoms with E-state index in [1.54, 1.807) is 18.3 Å². The summed E-state index contributed by atoms with van der Waals surface area (Å²) in [6, 6.07) is 21.2. The molecule has 0 bridgehead atoms. The normalized spacial score (nSPS) is 18.3. The monoisotopic (exact) mass is 541 g/mol. The molecule has 2 heterocycles. The standard InChI is InChI=1S/C32H35N3O3S/c1-5-38-27-14-16-34(31(19-27)26-10-8-25(20-33)9-11-26)21-30-23(3)18-24(4)32-29(30)15-17-35(32)39(36,37)28-12-6-22(2)7-13-28/h6-13,15,17-18,27,31H,5,14,16,19,21H2,1-4H3. The van der Waals surface area contributed by atoms with Gasteiger partial charge in [-0.2, -0.15) is 5.26 Å². The van der Waals surface area contributed by atoms with E-state index in [1.165, 1.54) is 9.54 Å². The molecule has 2 unspecified atom stereocenters. The summed E-state index contributed by atoms with van der Waals surface area (Å²) in [6.45, 7) is 10.3. The first-order valence-corrected chi connectivity index (χ1v) is 14.9. The van der Waals surface area contributed by atoms with E-state index < -0.39 is 10.0 Å². The Labute approximate surface area is 231 Å². The van der Waals surface area contributed by atoms with E-state index >= 15 is 0 Å². The number of aryl methyl sites for hydroxylation is 3. The van der Waals surface area contributed by atoms with Gasteiger partial charge in [-0.1, -0.05) is 35.9 Å². The molecular weight excluding hydrogens is 506 g/mol. The highest BCUT2D eigenvalue weighted by Gasteiger charge is 2.31. The second-order valence-corrected chi connectivity index (χ2v) is 12.3. The molecule has 2 atom stereocenters. The van der Waals surface area contributed by atoms with Crippen molar-refractivity contribution >= 4 is 20.9 Å². The molecule has 202 valence electrons. The van der Waals surface area contributed by atoms with Gasteiger partial charge in [0.05, 0.1) is 28.1 Å². The Hall–Kier alpha value is -3.44. The third-order valence-corrected chi connectivity index (χ3v) is 9.58. The number of ether oxygens (including phenoxy) is 1. The summed E-state index contributed by atoms with van der Waals surface area (Å²) in [6.07, 6.45) is 3.69. The minimum Gasteiger partial charge on any atom is -0.378 e. The van der Waals surface area contributed by atoms with Crippen molar-refractivity contribution in [3.05, 3.63) is 100 Å². The zero-order valence-corrected chi connectivity index (χ0v) is 23.8. The number of rotatable bonds is 7. The molecule has 7 heteroatoms. The van der Waals surface area contributed by atoms with Gasteiger partial charge >= 0.3 is 0 Å². The van der Waals surface area contributed by atoms with Crippen molar-refractivity contribution in [2.24, 2.45) is 0 Å². The molecule has 4 aromatic rings. The maximum atomic E-state index is 13.7. The largest absolute Gasteiger partial charge is 0.378 e. The van der Waals surface area contributed by atoms with Crippen molar-refractivity contribution in [3.8, 4) is 6.07 Å². The molecular formula is C32H35N3O3S. The van der Waals surface area contributed by atoms with Crippen molar-refractivity contribution in [2.45, 2.75) is 64.1 Å². The number of aromatic nitrogens is 1. The number of hydrogen-bond acceptors (Lipinski definition) is 5. The zero-order chi connectivity index (χ0) is 27.7. The van der Waals surface area contributed by atoms with E-state index in [0.717, 1.165) is 52.5 Å². The van der Waals surface area contributed by atoms with Gasteiger partial charge in [-0.3, -0.25) is 4.90 Å². The molecule has 0 saturated carbocycles. The SMILES string of the molecule is CCOC1CCN(Cc2c(C)cc(C)c3c2ccn3S(=O)(=O)c2ccc(C)cc2)C(c2ccc(C#N)cc2)C1. The summed E-state index contributed by atoms with van der Waals surface area (Å²) in [5.41, 5.74) is 6.79. The minimum absolute atomic E-state index is 0.136. The van der Waals surface area contributed by atoms with Crippen LogP contribution in [0.15, 0.2) is 71.8 Å². The van der Waals surface area contributed by atoms with Crippen LogP contribution in [-0.2, 0) is 21.3 Å². The van der Waals surface area contributed by atoms with E-state index in [4.69, 9.17) is 4.74 Å². The second-order valence-electron chi connectivity index (χ2n) is 10.5. The summed E-state index contributed by atoms with van der Waals surface area (Å²) in [4.78, 5) is 2.76. The predicted octanol–water partition coefficient (Wildman–Crippen LogP) is 6.42. The Morgan fingerprint density at radius 2 is 1.72 bits per heavy atom. The van der Waals surface area contributed by atoms with Crippen LogP contribution in [0.4, 0.5) is 0 Å². The summed E-state index contributed by atoms with van der Waals surface area (Å²) in [5.74, 6) is 0. The minimum atomic E-state index is -3.74. The van der Waals surface area contributed by atoms with Crippen LogP contribution >= 0.6 is 0 Å². The van der Waals surface area contributed by atoms with Gasteiger partial charge in [0, 0.05) is 37.3 Å². The van der Waals surface area contributed by atoms with Crippen LogP contribution in [0, 0.1) is 32.1 Å². The first-order chi connectivity index (χ1) is 18.7. The van der Waals surface area contributed by atoms with Crippen LogP contribution < -0.4 is 0 Å². The molecule has 1 saturated heterocycles. The zero-order valence-electron chi connectivity index (χ0n) is 23.0. The molecule has 1 aliphatic heterocycles. The number of nitrogens with zero attached hydrogens (tertiary/aromatic N) is 3. The van der Waals surface area contributed by atoms with Crippen molar-refractivity contribution < 1.29 is 13.2 Å². The highest BCUT2D eigenvalue weighted by atomic mass is 32.2. The number of fused-ring (bicyclic) bond motifs is 1. The molecule has 5 rings (SSSR count). The molecule has 1 aromatic heterocycles. The van der Waals surface area contributed by atoms with E-state index in [2.05, 4.69) is 24.0 Å². The van der Waals surface area contributed by atoms with Gasteiger partial charge in [-0.25, -0.2) is 12.4 Å². The van der Waals surface area contributed by atoms with Gasteiger partial charge in [-0.05, 0) is 93.1 Å². The third-order valence-electron chi connectivity index (χ3n) is 7.89. The number of likely N-dealkylation sites (tertiary alicyclic amines) is 1. The Kier molecular flexibility index (Phi) is 7.64. The average molecular weight is 542 g/mol. The fourth-order valence-electron chi connectivity index (χ4n) is 5.86. The van der Waals surface area contributed by atoms with Crippen LogP contribution in [0.25, 0.3) is 10.9 Å². The van der Waals surface area contributed by atoms with Crippen molar-refractivity contribution in [1.82, 2.24) is 8.87 Å². The lowest BCUT2D eigenvalue weighted by atomic mass is 9.91. The Morgan fingerprint density at radius 1 is 1.00 bits per heavy atom. The molecule has 0 N–H and O–H groups in total. The number of hydrogen-bond donors (Lipinski definition) is 0. The van der Waals surface area contributed by atoms with Gasteiger partial charge in [0.2, 0.25) is 0 Å². The Morgan fingerprint density at radius 3 is 2.38 bits per heavy atom. The van der Waals surface area contributed by atoms with E-state index in [-0.39, 0.29) is 17.0 Å². The molecule has 6 nitrogen and oxygen atoms in total. The molecule has 0 aliphatic carbocycles. The predicted molar refractivity (Wildman–Crippen MR) is 154 cm³/mol. The van der Waals surface area contributed by atoms with Crippen molar-refractivity contribution in [1.29, 1.82) is 5.26 Å². The molecule has 39 heavy (non-hydrogen) atoms. The molecule has 3 aromatic carbocycles. The van der Waals surface area contributed by atoms with Crippen molar-refractivity contribution in [2.75, 3.05) is 13.2 Å². The maximum absolute atomic E-state index is 13.7. The highest BCUT2D eigenvalue weighted by molar-refractivity contribution is 7.90. The van der Waals surface area contributed by atoms with Gasteiger partial charge < -0.3 is 4.74 Å². The number of benzene rings is 3. The average Bonchev–Trinajstić information content (AvgIpc) is 3.39. The van der Waals surface area contributed by atoms with Gasteiger partial charge in [0.15, 0.2) is 0 Å². The molecule has 1 fully saturated rings. The van der Waals surface area contributed by atoms with Crippen LogP contribution in [0.2, 0.25) is 0 Å². The van der Waals surface area contributed by atoms with E-state index in [0.29, 0.717) is 18.7 Å². The van der Waals surface area contributed by atoms with Crippen LogP contribution in [0.3, 0.4) is 0 Å². The second kappa shape index (κ2) is 11.0. The van der Waals surface area contributed by atoms with Gasteiger partial charge in [0.25, 0.3) is 10.0 Å². The lowest BCUT2D eigenvalue weighted by molar-refractivity contribution is -0.0137. The number of piperidine rings is 1. The lowest BCUT2D eigenvalue weighted by Gasteiger charge is -2.40. The van der Waals surface area contributed by atoms with Crippen LogP contribution in [0.1, 0.15) is 59.2 Å². The molecule has 0 amide bonds. The number of nitriles is 1. The first-order valence-electron chi connectivity index (χ1n) is 13.5. The fraction of sp³-hybridized carbons (Fsp3) is 0.344. The maximum Gasteiger partial charge on any atom is 0.268 e. The highest BCUT2D eigenvalue weighted by Crippen LogP contribution is 2.37. The molecule has 0 spiro atoms. The smallest absolute Gasteiger partial charge is 0.268 e. The van der Waals surface area contributed by atoms with Crippen molar-refractivity contribution in [3.63, 3.8) is 0 Å². The van der Waals surface area contributed by atoms with Crippen LogP contribution in [0.5, 0.6) is 0 Å². The third kappa shape index (κ3) is 5.25. The summed E-state index contributed by atoms with van der Waals surface area (Å²) >= 11 is 0. The summed E-state index contributed by atoms with van der Waals surface area (Å²) in [7, 11) is -3.74. The van der Waals surface area contributed by atoms with Crippen LogP contribution in [-0.4, -0.2) is 36.5 Å². The van der Waals surface area contributed by atoms with Gasteiger partial charge in [-0.15, -0.1) is 0 Å². The summed E-state index contributed by atoms with van der Waals surface area (Å²) in [5, 5.41) is 10.2. The molecule has 0 radical (unpaired) electrons. The van der Waals surface area contributed by atoms with Gasteiger partial charge in [0.1, 0.15) is 0 Å².